The molecule has 8 nitrogen and oxygen atoms in total. The molecule has 0 N–H and O–H groups in total. The van der Waals surface area contributed by atoms with Gasteiger partial charge in [0.05, 0.1) is 28.4 Å². The van der Waals surface area contributed by atoms with Crippen molar-refractivity contribution in [2.75, 3.05) is 0 Å². The van der Waals surface area contributed by atoms with Gasteiger partial charge in [0.15, 0.2) is 5.65 Å². The summed E-state index contributed by atoms with van der Waals surface area (Å²) in [6, 6.07) is 19.9. The van der Waals surface area contributed by atoms with Gasteiger partial charge in [-0.15, -0.1) is 0 Å². The Labute approximate surface area is 182 Å². The fourth-order valence-corrected chi connectivity index (χ4v) is 4.26. The normalized spacial score (nSPS) is 14.6. The van der Waals surface area contributed by atoms with Gasteiger partial charge in [0.2, 0.25) is 11.8 Å². The van der Waals surface area contributed by atoms with Crippen molar-refractivity contribution in [3.63, 3.8) is 0 Å². The number of aryl methyl sites for hydroxylation is 2. The van der Waals surface area contributed by atoms with Crippen LogP contribution in [0.25, 0.3) is 11.3 Å². The fraction of sp³-hybridized carbons (Fsp3) is 0.125. The van der Waals surface area contributed by atoms with Crippen molar-refractivity contribution in [3.8, 4) is 17.4 Å². The summed E-state index contributed by atoms with van der Waals surface area (Å²) in [6.07, 6.45) is 1.52. The lowest BCUT2D eigenvalue weighted by molar-refractivity contribution is 0.402. The summed E-state index contributed by atoms with van der Waals surface area (Å²) < 4.78 is 9.65. The highest BCUT2D eigenvalue weighted by Gasteiger charge is 2.37. The number of hydrogen-bond donors (Lipinski definition) is 0. The maximum absolute atomic E-state index is 12.4. The summed E-state index contributed by atoms with van der Waals surface area (Å²) in [5.41, 5.74) is 4.73. The summed E-state index contributed by atoms with van der Waals surface area (Å²) >= 11 is 0. The van der Waals surface area contributed by atoms with E-state index in [0.29, 0.717) is 28.7 Å². The highest BCUT2D eigenvalue weighted by atomic mass is 16.5. The molecule has 0 fully saturated rings. The van der Waals surface area contributed by atoms with E-state index in [1.807, 2.05) is 67.6 Å². The highest BCUT2D eigenvalue weighted by molar-refractivity contribution is 5.66. The van der Waals surface area contributed by atoms with Crippen LogP contribution in [0, 0.1) is 13.8 Å². The van der Waals surface area contributed by atoms with Crippen LogP contribution in [0.5, 0.6) is 11.8 Å². The minimum Gasteiger partial charge on any atom is -0.420 e. The van der Waals surface area contributed by atoms with E-state index in [-0.39, 0.29) is 11.5 Å². The van der Waals surface area contributed by atoms with Crippen LogP contribution in [0.3, 0.4) is 0 Å². The van der Waals surface area contributed by atoms with Crippen LogP contribution in [0.4, 0.5) is 0 Å². The smallest absolute Gasteiger partial charge is 0.294 e. The molecule has 0 saturated heterocycles. The molecule has 0 unspecified atom stereocenters. The molecule has 5 aromatic rings. The van der Waals surface area contributed by atoms with Crippen LogP contribution in [-0.2, 0) is 0 Å². The monoisotopic (exact) mass is 422 g/mol. The molecule has 1 aliphatic rings. The van der Waals surface area contributed by atoms with Gasteiger partial charge in [-0.05, 0) is 31.5 Å². The first-order chi connectivity index (χ1) is 15.6. The van der Waals surface area contributed by atoms with Crippen molar-refractivity contribution in [2.45, 2.75) is 19.8 Å². The van der Waals surface area contributed by atoms with E-state index in [2.05, 4.69) is 15.1 Å². The summed E-state index contributed by atoms with van der Waals surface area (Å²) in [5, 5.41) is 9.14. The van der Waals surface area contributed by atoms with Crippen LogP contribution in [0.2, 0.25) is 0 Å². The van der Waals surface area contributed by atoms with E-state index < -0.39 is 0 Å². The lowest BCUT2D eigenvalue weighted by Gasteiger charge is -2.26. The molecule has 8 heteroatoms. The second-order valence-electron chi connectivity index (χ2n) is 7.73. The van der Waals surface area contributed by atoms with Crippen LogP contribution < -0.4 is 10.3 Å². The van der Waals surface area contributed by atoms with Gasteiger partial charge in [-0.1, -0.05) is 48.5 Å². The Morgan fingerprint density at radius 1 is 0.875 bits per heavy atom. The minimum absolute atomic E-state index is 0.271. The Bertz CT molecular complexity index is 1540. The van der Waals surface area contributed by atoms with Gasteiger partial charge in [-0.25, -0.2) is 14.2 Å². The molecule has 0 radical (unpaired) electrons. The quantitative estimate of drug-likeness (QED) is 0.424. The van der Waals surface area contributed by atoms with Crippen molar-refractivity contribution in [1.82, 2.24) is 29.4 Å². The first-order valence-corrected chi connectivity index (χ1v) is 10.3. The third-order valence-electron chi connectivity index (χ3n) is 5.71. The minimum atomic E-state index is -0.368. The second-order valence-corrected chi connectivity index (χ2v) is 7.73. The average Bonchev–Trinajstić information content (AvgIpc) is 3.15. The molecule has 0 amide bonds. The first-order valence-electron chi connectivity index (χ1n) is 10.3. The Hall–Kier alpha value is -4.33. The maximum atomic E-state index is 12.4. The lowest BCUT2D eigenvalue weighted by atomic mass is 9.84. The third-order valence-corrected chi connectivity index (χ3v) is 5.71. The van der Waals surface area contributed by atoms with Crippen molar-refractivity contribution < 1.29 is 4.74 Å². The molecule has 0 aliphatic carbocycles. The number of hydrogen-bond acceptors (Lipinski definition) is 6. The number of benzene rings is 2. The molecular weight excluding hydrogens is 404 g/mol. The SMILES string of the molecule is Cc1nn(-c2ccccc2)c2c1[C@H](c1ccccc1)c1c(ncn3nc(C)c(=O)nc13)O2. The van der Waals surface area contributed by atoms with Crippen LogP contribution >= 0.6 is 0 Å². The van der Waals surface area contributed by atoms with Crippen LogP contribution in [0.1, 0.15) is 34.0 Å². The maximum Gasteiger partial charge on any atom is 0.294 e. The summed E-state index contributed by atoms with van der Waals surface area (Å²) in [7, 11) is 0. The number of nitrogens with zero attached hydrogens (tertiary/aromatic N) is 6. The predicted molar refractivity (Wildman–Crippen MR) is 118 cm³/mol. The van der Waals surface area contributed by atoms with Crippen molar-refractivity contribution >= 4 is 5.65 Å². The van der Waals surface area contributed by atoms with Gasteiger partial charge < -0.3 is 4.74 Å². The van der Waals surface area contributed by atoms with Crippen molar-refractivity contribution in [1.29, 1.82) is 0 Å². The molecule has 3 aromatic heterocycles. The number of rotatable bonds is 2. The van der Waals surface area contributed by atoms with E-state index in [4.69, 9.17) is 9.84 Å². The van der Waals surface area contributed by atoms with E-state index in [9.17, 15) is 4.79 Å². The van der Waals surface area contributed by atoms with Gasteiger partial charge in [-0.2, -0.15) is 15.2 Å². The zero-order chi connectivity index (χ0) is 21.8. The Morgan fingerprint density at radius 2 is 1.59 bits per heavy atom. The lowest BCUT2D eigenvalue weighted by Crippen LogP contribution is -2.22. The Kier molecular flexibility index (Phi) is 3.94. The molecule has 6 rings (SSSR count). The van der Waals surface area contributed by atoms with E-state index in [1.54, 1.807) is 11.6 Å². The Morgan fingerprint density at radius 3 is 2.34 bits per heavy atom. The van der Waals surface area contributed by atoms with Gasteiger partial charge in [0.1, 0.15) is 12.0 Å². The predicted octanol–water partition coefficient (Wildman–Crippen LogP) is 3.57. The largest absolute Gasteiger partial charge is 0.420 e. The average molecular weight is 422 g/mol. The molecule has 4 heterocycles. The van der Waals surface area contributed by atoms with Gasteiger partial charge in [-0.3, -0.25) is 4.79 Å². The molecule has 0 saturated carbocycles. The topological polar surface area (TPSA) is 87.2 Å². The fourth-order valence-electron chi connectivity index (χ4n) is 4.26. The zero-order valence-corrected chi connectivity index (χ0v) is 17.4. The van der Waals surface area contributed by atoms with Crippen LogP contribution in [-0.4, -0.2) is 29.4 Å². The third kappa shape index (κ3) is 2.66. The first kappa shape index (κ1) is 18.4. The number of para-hydroxylation sites is 1. The highest BCUT2D eigenvalue weighted by Crippen LogP contribution is 2.49. The molecule has 32 heavy (non-hydrogen) atoms. The van der Waals surface area contributed by atoms with E-state index in [0.717, 1.165) is 22.5 Å². The second kappa shape index (κ2) is 6.84. The molecule has 156 valence electrons. The van der Waals surface area contributed by atoms with Gasteiger partial charge >= 0.3 is 0 Å². The molecule has 2 aromatic carbocycles. The molecule has 1 aliphatic heterocycles. The molecular formula is C24H18N6O2. The molecule has 1 atom stereocenters. The Balaban J connectivity index is 1.69. The summed E-state index contributed by atoms with van der Waals surface area (Å²) in [5.74, 6) is 0.725. The summed E-state index contributed by atoms with van der Waals surface area (Å²) in [6.45, 7) is 3.60. The molecule has 0 spiro atoms. The van der Waals surface area contributed by atoms with Crippen molar-refractivity contribution in [2.24, 2.45) is 0 Å². The van der Waals surface area contributed by atoms with Gasteiger partial charge in [0.25, 0.3) is 5.56 Å². The van der Waals surface area contributed by atoms with E-state index in [1.165, 1.54) is 10.8 Å². The number of fused-ring (bicyclic) bond motifs is 4. The number of aromatic nitrogens is 6. The molecule has 0 bridgehead atoms. The van der Waals surface area contributed by atoms with Crippen LogP contribution in [0.15, 0.2) is 71.8 Å². The van der Waals surface area contributed by atoms with Crippen molar-refractivity contribution in [3.05, 3.63) is 105 Å². The summed E-state index contributed by atoms with van der Waals surface area (Å²) in [4.78, 5) is 21.3. The zero-order valence-electron chi connectivity index (χ0n) is 17.4. The standard InChI is InChI=1S/C24H18N6O2/c1-14-18-19(16-9-5-3-6-10-16)20-21-26-22(31)15(2)27-29(21)13-25-23(20)32-24(18)30(28-14)17-11-7-4-8-12-17/h3-13,19H,1-2H3/t19-/m0/s1. The van der Waals surface area contributed by atoms with E-state index >= 15 is 0 Å². The number of ether oxygens (including phenoxy) is 1. The van der Waals surface area contributed by atoms with Gasteiger partial charge in [0, 0.05) is 0 Å².